The smallest absolute Gasteiger partial charge is 0.340 e. The molecule has 8 nitrogen and oxygen atoms in total. The molecule has 0 spiro atoms. The number of urea groups is 1. The average Bonchev–Trinajstić information content (AvgIpc) is 3.28. The summed E-state index contributed by atoms with van der Waals surface area (Å²) < 4.78 is 5.08. The largest absolute Gasteiger partial charge is 0.462 e. The first-order valence-electron chi connectivity index (χ1n) is 11.4. The second-order valence-corrected chi connectivity index (χ2v) is 8.52. The molecule has 2 N–H and O–H groups in total. The molecule has 1 aromatic heterocycles. The van der Waals surface area contributed by atoms with Crippen LogP contribution < -0.4 is 5.32 Å². The molecule has 1 atom stereocenters. The highest BCUT2D eigenvalue weighted by Crippen LogP contribution is 2.33. The predicted octanol–water partition coefficient (Wildman–Crippen LogP) is 3.68. The van der Waals surface area contributed by atoms with Gasteiger partial charge in [0.1, 0.15) is 0 Å². The van der Waals surface area contributed by atoms with Crippen LogP contribution in [0.4, 0.5) is 4.79 Å². The fourth-order valence-corrected chi connectivity index (χ4v) is 4.57. The number of imide groups is 1. The van der Waals surface area contributed by atoms with Gasteiger partial charge in [0.25, 0.3) is 5.91 Å². The van der Waals surface area contributed by atoms with Crippen molar-refractivity contribution < 1.29 is 23.9 Å². The van der Waals surface area contributed by atoms with Crippen molar-refractivity contribution >= 4 is 23.7 Å². The van der Waals surface area contributed by atoms with Gasteiger partial charge in [-0.3, -0.25) is 14.5 Å². The van der Waals surface area contributed by atoms with E-state index in [9.17, 15) is 19.2 Å². The first-order chi connectivity index (χ1) is 16.8. The lowest BCUT2D eigenvalue weighted by molar-refractivity contribution is -0.131. The van der Waals surface area contributed by atoms with E-state index in [2.05, 4.69) is 10.3 Å². The Bertz CT molecular complexity index is 1280. The summed E-state index contributed by atoms with van der Waals surface area (Å²) in [6.45, 7) is 4.75. The molecule has 1 aliphatic rings. The van der Waals surface area contributed by atoms with Crippen molar-refractivity contribution in [2.45, 2.75) is 32.7 Å². The Morgan fingerprint density at radius 1 is 0.971 bits per heavy atom. The second-order valence-electron chi connectivity index (χ2n) is 8.52. The number of nitrogens with one attached hydrogen (secondary N) is 2. The molecule has 0 bridgehead atoms. The lowest BCUT2D eigenvalue weighted by Crippen LogP contribution is -2.46. The van der Waals surface area contributed by atoms with Crippen LogP contribution >= 0.6 is 0 Å². The number of carbonyl (C=O) groups excluding carboxylic acids is 4. The Balaban J connectivity index is 1.65. The third kappa shape index (κ3) is 4.35. The molecule has 3 aromatic rings. The topological polar surface area (TPSA) is 109 Å². The summed E-state index contributed by atoms with van der Waals surface area (Å²) in [5, 5.41) is 2.86. The first-order valence-corrected chi connectivity index (χ1v) is 11.4. The van der Waals surface area contributed by atoms with E-state index in [1.165, 1.54) is 0 Å². The minimum absolute atomic E-state index is 0.173. The molecule has 0 radical (unpaired) electrons. The van der Waals surface area contributed by atoms with Gasteiger partial charge in [-0.05, 0) is 37.5 Å². The number of carbonyl (C=O) groups is 4. The highest BCUT2D eigenvalue weighted by molar-refractivity contribution is 6.12. The quantitative estimate of drug-likeness (QED) is 0.295. The SMILES string of the molecule is CCOC(=O)c1c(C)[nH]c(C(=O)CN2C(=O)N[C@@](Cc3ccccc3)(c3ccccc3)C2=O)c1C. The zero-order valence-corrected chi connectivity index (χ0v) is 19.9. The summed E-state index contributed by atoms with van der Waals surface area (Å²) in [6, 6.07) is 17.8. The molecule has 0 saturated carbocycles. The Labute approximate surface area is 203 Å². The molecule has 180 valence electrons. The monoisotopic (exact) mass is 473 g/mol. The fourth-order valence-electron chi connectivity index (χ4n) is 4.57. The van der Waals surface area contributed by atoms with Gasteiger partial charge in [0.2, 0.25) is 0 Å². The van der Waals surface area contributed by atoms with Gasteiger partial charge in [0.05, 0.1) is 24.4 Å². The summed E-state index contributed by atoms with van der Waals surface area (Å²) in [5.74, 6) is -1.51. The number of ether oxygens (including phenoxy) is 1. The van der Waals surface area contributed by atoms with Gasteiger partial charge >= 0.3 is 12.0 Å². The summed E-state index contributed by atoms with van der Waals surface area (Å²) in [6.07, 6.45) is 0.237. The molecule has 8 heteroatoms. The summed E-state index contributed by atoms with van der Waals surface area (Å²) in [4.78, 5) is 56.2. The van der Waals surface area contributed by atoms with Gasteiger partial charge in [-0.25, -0.2) is 9.59 Å². The zero-order chi connectivity index (χ0) is 25.2. The van der Waals surface area contributed by atoms with E-state index in [0.717, 1.165) is 10.5 Å². The summed E-state index contributed by atoms with van der Waals surface area (Å²) in [5.41, 5.74) is 1.54. The van der Waals surface area contributed by atoms with Crippen LogP contribution in [0.15, 0.2) is 60.7 Å². The highest BCUT2D eigenvalue weighted by Gasteiger charge is 2.52. The molecular formula is C27H27N3O5. The molecule has 1 saturated heterocycles. The molecular weight excluding hydrogens is 446 g/mol. The lowest BCUT2D eigenvalue weighted by Gasteiger charge is -2.27. The molecule has 4 rings (SSSR count). The van der Waals surface area contributed by atoms with Crippen LogP contribution in [-0.4, -0.2) is 46.7 Å². The third-order valence-electron chi connectivity index (χ3n) is 6.25. The Morgan fingerprint density at radius 3 is 2.23 bits per heavy atom. The molecule has 1 fully saturated rings. The third-order valence-corrected chi connectivity index (χ3v) is 6.25. The van der Waals surface area contributed by atoms with E-state index in [4.69, 9.17) is 4.74 Å². The number of esters is 1. The maximum absolute atomic E-state index is 13.8. The molecule has 3 amide bonds. The number of ketones is 1. The minimum atomic E-state index is -1.34. The van der Waals surface area contributed by atoms with Crippen molar-refractivity contribution in [3.63, 3.8) is 0 Å². The fraction of sp³-hybridized carbons (Fsp3) is 0.259. The molecule has 2 heterocycles. The van der Waals surface area contributed by atoms with Crippen molar-refractivity contribution in [2.75, 3.05) is 13.2 Å². The summed E-state index contributed by atoms with van der Waals surface area (Å²) in [7, 11) is 0. The molecule has 1 aliphatic heterocycles. The number of aryl methyl sites for hydroxylation is 1. The van der Waals surface area contributed by atoms with Crippen molar-refractivity contribution in [1.29, 1.82) is 0 Å². The number of nitrogens with zero attached hydrogens (tertiary/aromatic N) is 1. The second kappa shape index (κ2) is 9.58. The number of hydrogen-bond acceptors (Lipinski definition) is 5. The maximum Gasteiger partial charge on any atom is 0.340 e. The Morgan fingerprint density at radius 2 is 1.60 bits per heavy atom. The molecule has 0 unspecified atom stereocenters. The standard InChI is InChI=1S/C27H27N3O5/c1-4-35-24(32)22-17(2)23(28-18(22)3)21(31)16-30-25(33)27(29-26(30)34,20-13-9-6-10-14-20)15-19-11-7-5-8-12-19/h5-14,28H,4,15-16H2,1-3H3,(H,29,34)/t27-/m0/s1. The number of amides is 3. The number of rotatable bonds is 8. The van der Waals surface area contributed by atoms with E-state index < -0.39 is 35.8 Å². The predicted molar refractivity (Wildman–Crippen MR) is 129 cm³/mol. The number of benzene rings is 2. The number of Topliss-reactive ketones (excluding diaryl/α,β-unsaturated/α-hetero) is 1. The van der Waals surface area contributed by atoms with E-state index in [-0.39, 0.29) is 24.3 Å². The van der Waals surface area contributed by atoms with Gasteiger partial charge in [0.15, 0.2) is 11.3 Å². The Kier molecular flexibility index (Phi) is 6.55. The summed E-state index contributed by atoms with van der Waals surface area (Å²) >= 11 is 0. The maximum atomic E-state index is 13.8. The first kappa shape index (κ1) is 23.9. The van der Waals surface area contributed by atoms with Gasteiger partial charge in [0, 0.05) is 12.1 Å². The van der Waals surface area contributed by atoms with Gasteiger partial charge in [-0.1, -0.05) is 60.7 Å². The van der Waals surface area contributed by atoms with Crippen LogP contribution in [0.3, 0.4) is 0 Å². The Hall–Kier alpha value is -4.20. The number of aromatic nitrogens is 1. The van der Waals surface area contributed by atoms with Crippen LogP contribution in [0.25, 0.3) is 0 Å². The van der Waals surface area contributed by atoms with E-state index in [1.54, 1.807) is 45.0 Å². The van der Waals surface area contributed by atoms with Gasteiger partial charge < -0.3 is 15.0 Å². The van der Waals surface area contributed by atoms with Crippen LogP contribution in [0, 0.1) is 13.8 Å². The molecule has 35 heavy (non-hydrogen) atoms. The number of aromatic amines is 1. The van der Waals surface area contributed by atoms with Crippen molar-refractivity contribution in [3.05, 3.63) is 94.3 Å². The van der Waals surface area contributed by atoms with Crippen LogP contribution in [0.5, 0.6) is 0 Å². The average molecular weight is 474 g/mol. The minimum Gasteiger partial charge on any atom is -0.462 e. The number of H-pyrrole nitrogens is 1. The highest BCUT2D eigenvalue weighted by atomic mass is 16.5. The van der Waals surface area contributed by atoms with Crippen LogP contribution in [-0.2, 0) is 21.5 Å². The van der Waals surface area contributed by atoms with Gasteiger partial charge in [-0.15, -0.1) is 0 Å². The van der Waals surface area contributed by atoms with E-state index >= 15 is 0 Å². The van der Waals surface area contributed by atoms with Gasteiger partial charge in [-0.2, -0.15) is 0 Å². The van der Waals surface area contributed by atoms with E-state index in [1.807, 2.05) is 36.4 Å². The number of hydrogen-bond donors (Lipinski definition) is 2. The normalized spacial score (nSPS) is 17.4. The zero-order valence-electron chi connectivity index (χ0n) is 19.9. The van der Waals surface area contributed by atoms with Crippen LogP contribution in [0.1, 0.15) is 50.2 Å². The van der Waals surface area contributed by atoms with Crippen molar-refractivity contribution in [2.24, 2.45) is 0 Å². The molecule has 0 aliphatic carbocycles. The van der Waals surface area contributed by atoms with Crippen LogP contribution in [0.2, 0.25) is 0 Å². The van der Waals surface area contributed by atoms with E-state index in [0.29, 0.717) is 16.8 Å². The molecule has 2 aromatic carbocycles. The van der Waals surface area contributed by atoms with Crippen molar-refractivity contribution in [3.8, 4) is 0 Å². The van der Waals surface area contributed by atoms with Crippen molar-refractivity contribution in [1.82, 2.24) is 15.2 Å². The lowest BCUT2D eigenvalue weighted by atomic mass is 9.83.